The molecule has 1 heterocycles. The Morgan fingerprint density at radius 2 is 2.04 bits per heavy atom. The number of nitrogens with zero attached hydrogens (tertiary/aromatic N) is 2. The van der Waals surface area contributed by atoms with E-state index in [1.54, 1.807) is 7.05 Å². The van der Waals surface area contributed by atoms with Gasteiger partial charge < -0.3 is 15.4 Å². The summed E-state index contributed by atoms with van der Waals surface area (Å²) >= 11 is 1.01. The van der Waals surface area contributed by atoms with Crippen LogP contribution in [0, 0.1) is 6.92 Å². The molecule has 0 aliphatic carbocycles. The minimum atomic E-state index is -4.39. The van der Waals surface area contributed by atoms with Crippen molar-refractivity contribution in [3.8, 4) is 5.75 Å². The first-order chi connectivity index (χ1) is 12.8. The van der Waals surface area contributed by atoms with Crippen molar-refractivity contribution in [1.82, 2.24) is 15.6 Å². The summed E-state index contributed by atoms with van der Waals surface area (Å²) in [5.41, 5.74) is 1.30. The van der Waals surface area contributed by atoms with Crippen molar-refractivity contribution < 1.29 is 17.9 Å². The number of nitrogens with one attached hydrogen (secondary N) is 2. The van der Waals surface area contributed by atoms with Crippen molar-refractivity contribution in [2.24, 2.45) is 4.99 Å². The predicted molar refractivity (Wildman–Crippen MR) is 117 cm³/mol. The van der Waals surface area contributed by atoms with E-state index in [0.29, 0.717) is 37.1 Å². The van der Waals surface area contributed by atoms with Crippen LogP contribution >= 0.6 is 35.3 Å². The summed E-state index contributed by atoms with van der Waals surface area (Å²) < 4.78 is 43.2. The number of halogens is 4. The third-order valence-corrected chi connectivity index (χ3v) is 4.60. The van der Waals surface area contributed by atoms with E-state index in [9.17, 15) is 13.2 Å². The second-order valence-electron chi connectivity index (χ2n) is 5.76. The number of benzene rings is 1. The van der Waals surface area contributed by atoms with Crippen LogP contribution in [0.3, 0.4) is 0 Å². The molecule has 1 aromatic carbocycles. The molecule has 0 fully saturated rings. The highest BCUT2D eigenvalue weighted by molar-refractivity contribution is 14.0. The Labute approximate surface area is 183 Å². The van der Waals surface area contributed by atoms with Crippen LogP contribution in [0.4, 0.5) is 13.2 Å². The van der Waals surface area contributed by atoms with Crippen LogP contribution in [-0.2, 0) is 19.1 Å². The number of ether oxygens (including phenoxy) is 1. The number of alkyl halides is 3. The van der Waals surface area contributed by atoms with Crippen LogP contribution in [0.25, 0.3) is 0 Å². The highest BCUT2D eigenvalue weighted by Crippen LogP contribution is 2.30. The largest absolute Gasteiger partial charge is 0.494 e. The first-order valence-corrected chi connectivity index (χ1v) is 9.40. The number of aromatic nitrogens is 1. The number of guanidine groups is 1. The van der Waals surface area contributed by atoms with Crippen molar-refractivity contribution in [1.29, 1.82) is 0 Å². The predicted octanol–water partition coefficient (Wildman–Crippen LogP) is 4.39. The van der Waals surface area contributed by atoms with Gasteiger partial charge in [-0.2, -0.15) is 13.2 Å². The quantitative estimate of drug-likeness (QED) is 0.318. The SMILES string of the molecule is CCOc1ccc(CNC(=NC)NCCc2nc(C(F)(F)F)cs2)cc1C.I. The number of aryl methyl sites for hydroxylation is 1. The lowest BCUT2D eigenvalue weighted by atomic mass is 10.1. The van der Waals surface area contributed by atoms with Crippen LogP contribution in [0.1, 0.15) is 28.8 Å². The number of hydrogen-bond donors (Lipinski definition) is 2. The zero-order valence-electron chi connectivity index (χ0n) is 15.9. The van der Waals surface area contributed by atoms with Crippen LogP contribution in [0.5, 0.6) is 5.75 Å². The van der Waals surface area contributed by atoms with Gasteiger partial charge in [0.25, 0.3) is 0 Å². The van der Waals surface area contributed by atoms with Gasteiger partial charge in [0.2, 0.25) is 0 Å². The zero-order chi connectivity index (χ0) is 19.9. The van der Waals surface area contributed by atoms with Gasteiger partial charge in [0.05, 0.1) is 11.6 Å². The molecule has 0 saturated heterocycles. The third kappa shape index (κ3) is 7.46. The van der Waals surface area contributed by atoms with Crippen LogP contribution in [-0.4, -0.2) is 31.1 Å². The first-order valence-electron chi connectivity index (χ1n) is 8.52. The molecule has 2 rings (SSSR count). The smallest absolute Gasteiger partial charge is 0.434 e. The van der Waals surface area contributed by atoms with Crippen LogP contribution in [0.2, 0.25) is 0 Å². The lowest BCUT2D eigenvalue weighted by Gasteiger charge is -2.13. The van der Waals surface area contributed by atoms with Gasteiger partial charge in [0.15, 0.2) is 11.7 Å². The number of thiazole rings is 1. The summed E-state index contributed by atoms with van der Waals surface area (Å²) in [7, 11) is 1.64. The molecule has 1 aromatic heterocycles. The second-order valence-corrected chi connectivity index (χ2v) is 6.70. The lowest BCUT2D eigenvalue weighted by Crippen LogP contribution is -2.37. The molecular formula is C18H24F3IN4OS. The van der Waals surface area contributed by atoms with Crippen LogP contribution < -0.4 is 15.4 Å². The summed E-state index contributed by atoms with van der Waals surface area (Å²) in [5, 5.41) is 7.74. The highest BCUT2D eigenvalue weighted by atomic mass is 127. The molecule has 0 aliphatic heterocycles. The van der Waals surface area contributed by atoms with Gasteiger partial charge in [-0.1, -0.05) is 12.1 Å². The summed E-state index contributed by atoms with van der Waals surface area (Å²) in [6, 6.07) is 5.96. The zero-order valence-corrected chi connectivity index (χ0v) is 19.0. The molecule has 5 nitrogen and oxygen atoms in total. The molecule has 10 heteroatoms. The van der Waals surface area contributed by atoms with Gasteiger partial charge in [0.1, 0.15) is 5.75 Å². The maximum atomic E-state index is 12.6. The van der Waals surface area contributed by atoms with Gasteiger partial charge in [-0.05, 0) is 31.0 Å². The number of rotatable bonds is 7. The Hall–Kier alpha value is -1.56. The van der Waals surface area contributed by atoms with Crippen molar-refractivity contribution in [2.45, 2.75) is 33.0 Å². The molecule has 28 heavy (non-hydrogen) atoms. The monoisotopic (exact) mass is 528 g/mol. The van der Waals surface area contributed by atoms with E-state index >= 15 is 0 Å². The third-order valence-electron chi connectivity index (χ3n) is 3.70. The lowest BCUT2D eigenvalue weighted by molar-refractivity contribution is -0.140. The fourth-order valence-corrected chi connectivity index (χ4v) is 3.19. The van der Waals surface area contributed by atoms with Gasteiger partial charge in [-0.25, -0.2) is 4.98 Å². The maximum absolute atomic E-state index is 12.6. The van der Waals surface area contributed by atoms with Crippen molar-refractivity contribution >= 4 is 41.3 Å². The molecule has 0 radical (unpaired) electrons. The Bertz CT molecular complexity index is 780. The topological polar surface area (TPSA) is 58.5 Å². The Morgan fingerprint density at radius 3 is 2.61 bits per heavy atom. The Balaban J connectivity index is 0.00000392. The number of aliphatic imine (C=N–C) groups is 1. The van der Waals surface area contributed by atoms with Gasteiger partial charge in [0, 0.05) is 31.9 Å². The van der Waals surface area contributed by atoms with E-state index in [4.69, 9.17) is 4.74 Å². The Kier molecular flexibility index (Phi) is 10.0. The fourth-order valence-electron chi connectivity index (χ4n) is 2.39. The molecule has 0 saturated carbocycles. The molecule has 0 amide bonds. The molecule has 2 N–H and O–H groups in total. The average molecular weight is 528 g/mol. The molecule has 2 aromatic rings. The van der Waals surface area contributed by atoms with Gasteiger partial charge in [-0.15, -0.1) is 35.3 Å². The summed E-state index contributed by atoms with van der Waals surface area (Å²) in [5.74, 6) is 1.44. The molecule has 0 aliphatic rings. The molecule has 156 valence electrons. The van der Waals surface area contributed by atoms with Gasteiger partial charge >= 0.3 is 6.18 Å². The van der Waals surface area contributed by atoms with Crippen molar-refractivity contribution in [3.05, 3.63) is 45.4 Å². The van der Waals surface area contributed by atoms with Crippen molar-refractivity contribution in [2.75, 3.05) is 20.2 Å². The Morgan fingerprint density at radius 1 is 1.29 bits per heavy atom. The van der Waals surface area contributed by atoms with E-state index in [1.165, 1.54) is 0 Å². The van der Waals surface area contributed by atoms with E-state index < -0.39 is 11.9 Å². The minimum absolute atomic E-state index is 0. The maximum Gasteiger partial charge on any atom is 0.434 e. The fraction of sp³-hybridized carbons (Fsp3) is 0.444. The number of hydrogen-bond acceptors (Lipinski definition) is 4. The molecule has 0 unspecified atom stereocenters. The standard InChI is InChI=1S/C18H23F3N4OS.HI/c1-4-26-14-6-5-13(9-12(14)2)10-24-17(22-3)23-8-7-16-25-15(11-27-16)18(19,20)21;/h5-6,9,11H,4,7-8,10H2,1-3H3,(H2,22,23,24);1H. The van der Waals surface area contributed by atoms with Gasteiger partial charge in [-0.3, -0.25) is 4.99 Å². The average Bonchev–Trinajstić information content (AvgIpc) is 3.09. The molecular weight excluding hydrogens is 504 g/mol. The summed E-state index contributed by atoms with van der Waals surface area (Å²) in [6.45, 7) is 5.57. The second kappa shape index (κ2) is 11.4. The summed E-state index contributed by atoms with van der Waals surface area (Å²) in [6.07, 6.45) is -4.00. The highest BCUT2D eigenvalue weighted by Gasteiger charge is 2.33. The van der Waals surface area contributed by atoms with E-state index in [0.717, 1.165) is 33.6 Å². The van der Waals surface area contributed by atoms with Crippen molar-refractivity contribution in [3.63, 3.8) is 0 Å². The van der Waals surface area contributed by atoms with Crippen LogP contribution in [0.15, 0.2) is 28.6 Å². The first kappa shape index (κ1) is 24.5. The van der Waals surface area contributed by atoms with E-state index in [-0.39, 0.29) is 24.0 Å². The molecule has 0 spiro atoms. The normalized spacial score (nSPS) is 11.7. The molecule has 0 atom stereocenters. The minimum Gasteiger partial charge on any atom is -0.494 e. The van der Waals surface area contributed by atoms with E-state index in [1.807, 2.05) is 32.0 Å². The summed E-state index contributed by atoms with van der Waals surface area (Å²) in [4.78, 5) is 7.73. The van der Waals surface area contributed by atoms with E-state index in [2.05, 4.69) is 20.6 Å². The molecule has 0 bridgehead atoms.